The van der Waals surface area contributed by atoms with Crippen LogP contribution in [0.15, 0.2) is 29.3 Å². The van der Waals surface area contributed by atoms with Crippen LogP contribution in [0.25, 0.3) is 0 Å². The zero-order valence-electron chi connectivity index (χ0n) is 7.33. The van der Waals surface area contributed by atoms with E-state index in [9.17, 15) is 0 Å². The Labute approximate surface area is 99.2 Å². The topological polar surface area (TPSA) is 12.4 Å². The average molecular weight is 235 g/mol. The molecule has 0 fully saturated rings. The first-order valence-corrected chi connectivity index (χ1v) is 3.90. The maximum Gasteiger partial charge on any atom is 0.0279 e. The van der Waals surface area contributed by atoms with Crippen molar-refractivity contribution < 1.29 is 32.7 Å². The SMILES string of the molecule is CCCN=Cc1[c-]cccc1.[Y]. The molecule has 0 N–H and O–H groups in total. The summed E-state index contributed by atoms with van der Waals surface area (Å²) in [5, 5.41) is 0. The Hall–Kier alpha value is -0.00610. The molecule has 0 atom stereocenters. The van der Waals surface area contributed by atoms with Crippen LogP contribution in [0, 0.1) is 6.07 Å². The first kappa shape index (κ1) is 12.0. The Morgan fingerprint density at radius 1 is 1.50 bits per heavy atom. The molecule has 0 aliphatic rings. The molecular weight excluding hydrogens is 223 g/mol. The Kier molecular flexibility index (Phi) is 7.63. The first-order valence-electron chi connectivity index (χ1n) is 3.90. The van der Waals surface area contributed by atoms with Crippen LogP contribution in [-0.2, 0) is 32.7 Å². The van der Waals surface area contributed by atoms with E-state index in [0.717, 1.165) is 18.5 Å². The number of aliphatic imine (C=N–C) groups is 1. The van der Waals surface area contributed by atoms with Gasteiger partial charge in [0.25, 0.3) is 0 Å². The van der Waals surface area contributed by atoms with Crippen LogP contribution in [0.1, 0.15) is 18.9 Å². The molecule has 0 aliphatic heterocycles. The fraction of sp³-hybridized carbons (Fsp3) is 0.300. The average Bonchev–Trinajstić information content (AvgIpc) is 2.07. The van der Waals surface area contributed by atoms with E-state index in [1.807, 2.05) is 30.5 Å². The quantitative estimate of drug-likeness (QED) is 0.563. The molecule has 61 valence electrons. The molecule has 0 unspecified atom stereocenters. The number of nitrogens with zero attached hydrogens (tertiary/aromatic N) is 1. The van der Waals surface area contributed by atoms with E-state index in [4.69, 9.17) is 0 Å². The molecule has 0 saturated carbocycles. The third-order valence-electron chi connectivity index (χ3n) is 1.32. The zero-order valence-corrected chi connectivity index (χ0v) is 10.2. The molecule has 0 bridgehead atoms. The van der Waals surface area contributed by atoms with Gasteiger partial charge in [-0.1, -0.05) is 13.1 Å². The Morgan fingerprint density at radius 2 is 2.33 bits per heavy atom. The molecule has 1 nitrogen and oxygen atoms in total. The maximum absolute atomic E-state index is 4.20. The van der Waals surface area contributed by atoms with Crippen molar-refractivity contribution in [2.75, 3.05) is 6.54 Å². The second-order valence-electron chi connectivity index (χ2n) is 2.35. The van der Waals surface area contributed by atoms with E-state index in [1.165, 1.54) is 0 Å². The molecule has 0 spiro atoms. The normalized spacial score (nSPS) is 9.75. The van der Waals surface area contributed by atoms with Gasteiger partial charge < -0.3 is 4.99 Å². The second-order valence-corrected chi connectivity index (χ2v) is 2.35. The molecule has 1 aromatic rings. The van der Waals surface area contributed by atoms with Gasteiger partial charge in [-0.25, -0.2) is 0 Å². The van der Waals surface area contributed by atoms with Crippen molar-refractivity contribution in [1.82, 2.24) is 0 Å². The van der Waals surface area contributed by atoms with Crippen molar-refractivity contribution in [3.8, 4) is 0 Å². The molecular formula is C10H12NY-. The van der Waals surface area contributed by atoms with Crippen molar-refractivity contribution >= 4 is 6.21 Å². The zero-order chi connectivity index (χ0) is 7.94. The van der Waals surface area contributed by atoms with E-state index in [2.05, 4.69) is 18.0 Å². The van der Waals surface area contributed by atoms with Gasteiger partial charge in [-0.15, -0.1) is 35.9 Å². The summed E-state index contributed by atoms with van der Waals surface area (Å²) >= 11 is 0. The standard InChI is InChI=1S/C10H12N.Y/c1-2-8-11-9-10-6-4-3-5-7-10;/h3-6,9H,2,8H2,1H3;/q-1;. The summed E-state index contributed by atoms with van der Waals surface area (Å²) in [6.45, 7) is 3.02. The minimum Gasteiger partial charge on any atom is -0.341 e. The monoisotopic (exact) mass is 235 g/mol. The summed E-state index contributed by atoms with van der Waals surface area (Å²) in [6.07, 6.45) is 2.97. The van der Waals surface area contributed by atoms with Gasteiger partial charge in [-0.05, 0) is 6.42 Å². The van der Waals surface area contributed by atoms with Crippen molar-refractivity contribution in [2.24, 2.45) is 4.99 Å². The van der Waals surface area contributed by atoms with Crippen LogP contribution in [0.2, 0.25) is 0 Å². The van der Waals surface area contributed by atoms with Crippen LogP contribution in [0.5, 0.6) is 0 Å². The largest absolute Gasteiger partial charge is 0.341 e. The summed E-state index contributed by atoms with van der Waals surface area (Å²) in [5.74, 6) is 0. The Morgan fingerprint density at radius 3 is 2.92 bits per heavy atom. The van der Waals surface area contributed by atoms with Crippen LogP contribution in [0.3, 0.4) is 0 Å². The van der Waals surface area contributed by atoms with Crippen LogP contribution in [0.4, 0.5) is 0 Å². The van der Waals surface area contributed by atoms with Crippen molar-refractivity contribution in [3.05, 3.63) is 35.9 Å². The molecule has 2 heteroatoms. The summed E-state index contributed by atoms with van der Waals surface area (Å²) in [7, 11) is 0. The van der Waals surface area contributed by atoms with Gasteiger partial charge in [-0.2, -0.15) is 0 Å². The molecule has 1 radical (unpaired) electrons. The third kappa shape index (κ3) is 4.79. The van der Waals surface area contributed by atoms with Gasteiger partial charge in [0.1, 0.15) is 0 Å². The number of hydrogen-bond acceptors (Lipinski definition) is 1. The van der Waals surface area contributed by atoms with Gasteiger partial charge in [0, 0.05) is 39.3 Å². The van der Waals surface area contributed by atoms with E-state index in [0.29, 0.717) is 0 Å². The summed E-state index contributed by atoms with van der Waals surface area (Å²) in [5.41, 5.74) is 1.06. The third-order valence-corrected chi connectivity index (χ3v) is 1.32. The van der Waals surface area contributed by atoms with E-state index < -0.39 is 0 Å². The Bertz CT molecular complexity index is 219. The van der Waals surface area contributed by atoms with Crippen molar-refractivity contribution in [3.63, 3.8) is 0 Å². The maximum atomic E-state index is 4.20. The van der Waals surface area contributed by atoms with Gasteiger partial charge in [-0.3, -0.25) is 0 Å². The second kappa shape index (κ2) is 7.63. The molecule has 1 aromatic carbocycles. The van der Waals surface area contributed by atoms with Gasteiger partial charge in [0.15, 0.2) is 0 Å². The van der Waals surface area contributed by atoms with E-state index in [-0.39, 0.29) is 32.7 Å². The summed E-state index contributed by atoms with van der Waals surface area (Å²) in [4.78, 5) is 4.20. The predicted molar refractivity (Wildman–Crippen MR) is 48.0 cm³/mol. The minimum atomic E-state index is 0. The van der Waals surface area contributed by atoms with Gasteiger partial charge >= 0.3 is 0 Å². The molecule has 0 heterocycles. The molecule has 1 rings (SSSR count). The summed E-state index contributed by atoms with van der Waals surface area (Å²) < 4.78 is 0. The van der Waals surface area contributed by atoms with Gasteiger partial charge in [0.05, 0.1) is 0 Å². The molecule has 0 aromatic heterocycles. The number of rotatable bonds is 3. The van der Waals surface area contributed by atoms with Crippen LogP contribution < -0.4 is 0 Å². The Balaban J connectivity index is 0.00000121. The van der Waals surface area contributed by atoms with Crippen LogP contribution in [-0.4, -0.2) is 12.8 Å². The van der Waals surface area contributed by atoms with Crippen molar-refractivity contribution in [2.45, 2.75) is 13.3 Å². The molecule has 12 heavy (non-hydrogen) atoms. The van der Waals surface area contributed by atoms with Gasteiger partial charge in [0.2, 0.25) is 0 Å². The van der Waals surface area contributed by atoms with E-state index in [1.54, 1.807) is 0 Å². The minimum absolute atomic E-state index is 0. The van der Waals surface area contributed by atoms with Crippen LogP contribution >= 0.6 is 0 Å². The summed E-state index contributed by atoms with van der Waals surface area (Å²) in [6, 6.07) is 10.9. The predicted octanol–water partition coefficient (Wildman–Crippen LogP) is 2.31. The first-order chi connectivity index (χ1) is 5.43. The molecule has 0 amide bonds. The fourth-order valence-corrected chi connectivity index (χ4v) is 0.780. The number of benzene rings is 1. The molecule has 0 aliphatic carbocycles. The smallest absolute Gasteiger partial charge is 0.0279 e. The number of hydrogen-bond donors (Lipinski definition) is 0. The fourth-order valence-electron chi connectivity index (χ4n) is 0.780. The van der Waals surface area contributed by atoms with E-state index >= 15 is 0 Å². The molecule has 0 saturated heterocycles. The van der Waals surface area contributed by atoms with Crippen molar-refractivity contribution in [1.29, 1.82) is 0 Å².